The number of aliphatic hydroxyl groups is 1. The summed E-state index contributed by atoms with van der Waals surface area (Å²) >= 11 is 0. The number of nitrogens with zero attached hydrogens (tertiary/aromatic N) is 3. The second-order valence-electron chi connectivity index (χ2n) is 6.84. The Hall–Kier alpha value is -1.66. The molecule has 4 N–H and O–H groups in total. The number of hydrogen-bond acceptors (Lipinski definition) is 5. The third-order valence-electron chi connectivity index (χ3n) is 5.44. The lowest BCUT2D eigenvalue weighted by Gasteiger charge is -2.34. The largest absolute Gasteiger partial charge is 0.392 e. The Bertz CT molecular complexity index is 729. The Morgan fingerprint density at radius 1 is 1.38 bits per heavy atom. The van der Waals surface area contributed by atoms with Gasteiger partial charge >= 0.3 is 0 Å². The first kappa shape index (κ1) is 11.9. The normalized spacial score (nSPS) is 32.2. The Balaban J connectivity index is 1.65. The third-order valence-corrected chi connectivity index (χ3v) is 5.44. The summed E-state index contributed by atoms with van der Waals surface area (Å²) in [5.74, 6) is 1.01. The molecule has 1 atom stereocenters. The van der Waals surface area contributed by atoms with Crippen molar-refractivity contribution in [2.45, 2.75) is 55.7 Å². The van der Waals surface area contributed by atoms with Gasteiger partial charge in [0.15, 0.2) is 5.65 Å². The zero-order valence-corrected chi connectivity index (χ0v) is 11.8. The van der Waals surface area contributed by atoms with Gasteiger partial charge in [-0.3, -0.25) is 0 Å². The Kier molecular flexibility index (Phi) is 2.13. The van der Waals surface area contributed by atoms with E-state index in [0.29, 0.717) is 18.5 Å². The van der Waals surface area contributed by atoms with Gasteiger partial charge in [-0.25, -0.2) is 4.98 Å². The molecule has 1 spiro atoms. The van der Waals surface area contributed by atoms with Crippen molar-refractivity contribution in [1.82, 2.24) is 14.6 Å². The van der Waals surface area contributed by atoms with Crippen molar-refractivity contribution >= 4 is 11.5 Å². The number of hydrogen-bond donors (Lipinski definition) is 3. The van der Waals surface area contributed by atoms with Gasteiger partial charge in [0.25, 0.3) is 0 Å². The number of nitrogens with two attached hydrogens (primary N) is 1. The van der Waals surface area contributed by atoms with Crippen LogP contribution in [0, 0.1) is 0 Å². The number of nitrogens with one attached hydrogen (secondary N) is 1. The van der Waals surface area contributed by atoms with E-state index < -0.39 is 0 Å². The van der Waals surface area contributed by atoms with Gasteiger partial charge in [0.2, 0.25) is 0 Å². The minimum Gasteiger partial charge on any atom is -0.392 e. The maximum Gasteiger partial charge on any atom is 0.157 e. The van der Waals surface area contributed by atoms with Crippen LogP contribution >= 0.6 is 0 Å². The van der Waals surface area contributed by atoms with E-state index in [1.807, 2.05) is 10.6 Å². The van der Waals surface area contributed by atoms with Gasteiger partial charge in [-0.05, 0) is 25.7 Å². The second-order valence-corrected chi connectivity index (χ2v) is 6.84. The minimum absolute atomic E-state index is 0.0756. The Labute approximate surface area is 122 Å². The molecule has 3 aliphatic rings. The van der Waals surface area contributed by atoms with Gasteiger partial charge < -0.3 is 16.2 Å². The van der Waals surface area contributed by atoms with Crippen LogP contribution in [0.25, 0.3) is 5.65 Å². The van der Waals surface area contributed by atoms with Crippen molar-refractivity contribution < 1.29 is 5.11 Å². The number of fused-ring (bicyclic) bond motifs is 3. The Morgan fingerprint density at radius 2 is 2.19 bits per heavy atom. The lowest BCUT2D eigenvalue weighted by Crippen LogP contribution is -2.45. The fourth-order valence-corrected chi connectivity index (χ4v) is 3.95. The first-order valence-corrected chi connectivity index (χ1v) is 7.75. The van der Waals surface area contributed by atoms with Crippen LogP contribution in [0.15, 0.2) is 12.3 Å². The minimum atomic E-state index is -0.295. The predicted molar refractivity (Wildman–Crippen MR) is 78.2 cm³/mol. The summed E-state index contributed by atoms with van der Waals surface area (Å²) in [6.07, 6.45) is 6.25. The molecule has 1 unspecified atom stereocenters. The molecule has 2 aromatic rings. The van der Waals surface area contributed by atoms with Gasteiger partial charge in [0.1, 0.15) is 5.82 Å². The van der Waals surface area contributed by atoms with Crippen LogP contribution in [0.1, 0.15) is 36.9 Å². The summed E-state index contributed by atoms with van der Waals surface area (Å²) in [4.78, 5) is 4.78. The smallest absolute Gasteiger partial charge is 0.157 e. The maximum absolute atomic E-state index is 10.4. The highest BCUT2D eigenvalue weighted by atomic mass is 16.3. The van der Waals surface area contributed by atoms with E-state index in [1.165, 1.54) is 0 Å². The van der Waals surface area contributed by atoms with Gasteiger partial charge in [0, 0.05) is 35.5 Å². The summed E-state index contributed by atoms with van der Waals surface area (Å²) in [5, 5.41) is 18.4. The molecule has 0 saturated heterocycles. The molecule has 6 nitrogen and oxygen atoms in total. The Morgan fingerprint density at radius 3 is 2.90 bits per heavy atom. The quantitative estimate of drug-likeness (QED) is 0.751. The summed E-state index contributed by atoms with van der Waals surface area (Å²) < 4.78 is 1.87. The molecule has 2 aromatic heterocycles. The molecular formula is C15H19N5O. The van der Waals surface area contributed by atoms with E-state index in [4.69, 9.17) is 10.7 Å². The zero-order valence-electron chi connectivity index (χ0n) is 11.8. The molecule has 0 aliphatic heterocycles. The van der Waals surface area contributed by atoms with Crippen LogP contribution in [0.5, 0.6) is 0 Å². The van der Waals surface area contributed by atoms with Crippen LogP contribution in [0.2, 0.25) is 0 Å². The van der Waals surface area contributed by atoms with Gasteiger partial charge in [0.05, 0.1) is 18.0 Å². The SMILES string of the molecule is NC1CC(Nc2c3c(nc4ccnn24)C2(CC2)C(O)C3)C1. The van der Waals surface area contributed by atoms with Crippen molar-refractivity contribution in [2.75, 3.05) is 5.32 Å². The van der Waals surface area contributed by atoms with E-state index in [-0.39, 0.29) is 11.5 Å². The van der Waals surface area contributed by atoms with E-state index in [0.717, 1.165) is 48.4 Å². The zero-order chi connectivity index (χ0) is 14.2. The van der Waals surface area contributed by atoms with Crippen molar-refractivity contribution in [3.05, 3.63) is 23.5 Å². The molecule has 5 rings (SSSR count). The van der Waals surface area contributed by atoms with Crippen LogP contribution in [-0.2, 0) is 11.8 Å². The molecule has 0 aromatic carbocycles. The molecule has 0 radical (unpaired) electrons. The molecule has 3 aliphatic carbocycles. The van der Waals surface area contributed by atoms with Crippen molar-refractivity contribution in [1.29, 1.82) is 0 Å². The average Bonchev–Trinajstić information content (AvgIpc) is 3.02. The first-order chi connectivity index (χ1) is 10.2. The van der Waals surface area contributed by atoms with E-state index in [9.17, 15) is 5.11 Å². The molecule has 2 heterocycles. The number of aromatic nitrogens is 3. The van der Waals surface area contributed by atoms with E-state index in [1.54, 1.807) is 6.20 Å². The molecule has 6 heteroatoms. The standard InChI is InChI=1S/C15H19N5O/c16-8-5-9(6-8)18-14-10-7-11(21)15(2-3-15)13(10)19-12-1-4-17-20(12)14/h1,4,8-9,11,18,21H,2-3,5-7,16H2. The monoisotopic (exact) mass is 285 g/mol. The molecule has 2 saturated carbocycles. The van der Waals surface area contributed by atoms with Crippen molar-refractivity contribution in [3.8, 4) is 0 Å². The highest BCUT2D eigenvalue weighted by Crippen LogP contribution is 2.57. The molecule has 2 fully saturated rings. The third kappa shape index (κ3) is 1.49. The summed E-state index contributed by atoms with van der Waals surface area (Å²) in [6.45, 7) is 0. The molecular weight excluding hydrogens is 266 g/mol. The van der Waals surface area contributed by atoms with Gasteiger partial charge in [-0.2, -0.15) is 9.61 Å². The van der Waals surface area contributed by atoms with E-state index >= 15 is 0 Å². The molecule has 0 amide bonds. The van der Waals surface area contributed by atoms with Crippen molar-refractivity contribution in [2.24, 2.45) is 5.73 Å². The summed E-state index contributed by atoms with van der Waals surface area (Å²) in [6, 6.07) is 2.65. The number of anilines is 1. The molecule has 110 valence electrons. The van der Waals surface area contributed by atoms with Gasteiger partial charge in [-0.1, -0.05) is 0 Å². The van der Waals surface area contributed by atoms with Crippen LogP contribution in [0.4, 0.5) is 5.82 Å². The summed E-state index contributed by atoms with van der Waals surface area (Å²) in [7, 11) is 0. The topological polar surface area (TPSA) is 88.5 Å². The fraction of sp³-hybridized carbons (Fsp3) is 0.600. The fourth-order valence-electron chi connectivity index (χ4n) is 3.95. The predicted octanol–water partition coefficient (Wildman–Crippen LogP) is 0.579. The molecule has 21 heavy (non-hydrogen) atoms. The average molecular weight is 285 g/mol. The van der Waals surface area contributed by atoms with Crippen LogP contribution < -0.4 is 11.1 Å². The molecule has 0 bridgehead atoms. The summed E-state index contributed by atoms with van der Waals surface area (Å²) in [5.41, 5.74) is 8.92. The number of aliphatic hydroxyl groups excluding tert-OH is 1. The lowest BCUT2D eigenvalue weighted by atomic mass is 9.87. The number of rotatable bonds is 2. The van der Waals surface area contributed by atoms with Crippen molar-refractivity contribution in [3.63, 3.8) is 0 Å². The second kappa shape index (κ2) is 3.75. The highest BCUT2D eigenvalue weighted by Gasteiger charge is 2.57. The van der Waals surface area contributed by atoms with E-state index in [2.05, 4.69) is 10.4 Å². The first-order valence-electron chi connectivity index (χ1n) is 7.75. The van der Waals surface area contributed by atoms with Crippen LogP contribution in [-0.4, -0.2) is 37.9 Å². The maximum atomic E-state index is 10.4. The lowest BCUT2D eigenvalue weighted by molar-refractivity contribution is 0.145. The van der Waals surface area contributed by atoms with Gasteiger partial charge in [-0.15, -0.1) is 0 Å². The highest BCUT2D eigenvalue weighted by molar-refractivity contribution is 5.61. The van der Waals surface area contributed by atoms with Crippen LogP contribution in [0.3, 0.4) is 0 Å².